The number of hydrogen-bond acceptors (Lipinski definition) is 6. The van der Waals surface area contributed by atoms with E-state index in [1.807, 2.05) is 18.2 Å². The Bertz CT molecular complexity index is 857. The molecule has 10 nitrogen and oxygen atoms in total. The molecule has 32 heavy (non-hydrogen) atoms. The molecule has 0 bridgehead atoms. The van der Waals surface area contributed by atoms with Crippen LogP contribution in [0.15, 0.2) is 36.9 Å². The number of rotatable bonds is 9. The van der Waals surface area contributed by atoms with Crippen molar-refractivity contribution < 1.29 is 19.5 Å². The number of likely N-dealkylation sites (tertiary alicyclic amines) is 1. The minimum absolute atomic E-state index is 0.0589. The number of carbonyl (C=O) groups is 3. The van der Waals surface area contributed by atoms with Gasteiger partial charge in [0.15, 0.2) is 0 Å². The van der Waals surface area contributed by atoms with Crippen LogP contribution >= 0.6 is 0 Å². The van der Waals surface area contributed by atoms with Crippen LogP contribution in [-0.2, 0) is 16.1 Å². The molecule has 2 aromatic heterocycles. The molecule has 2 aliphatic rings. The van der Waals surface area contributed by atoms with E-state index in [4.69, 9.17) is 9.90 Å². The number of pyridine rings is 1. The third-order valence-electron chi connectivity index (χ3n) is 5.79. The summed E-state index contributed by atoms with van der Waals surface area (Å²) in [4.78, 5) is 46.5. The molecule has 2 aromatic rings. The van der Waals surface area contributed by atoms with Crippen molar-refractivity contribution in [2.45, 2.75) is 50.7 Å². The first-order valence-corrected chi connectivity index (χ1v) is 10.9. The Morgan fingerprint density at radius 3 is 2.62 bits per heavy atom. The molecule has 2 amide bonds. The maximum absolute atomic E-state index is 12.5. The Morgan fingerprint density at radius 1 is 1.19 bits per heavy atom. The Kier molecular flexibility index (Phi) is 8.73. The number of imidazole rings is 1. The lowest BCUT2D eigenvalue weighted by atomic mass is 10.1. The molecular formula is C22H30N6O4. The summed E-state index contributed by atoms with van der Waals surface area (Å²) in [6.45, 7) is 1.82. The summed E-state index contributed by atoms with van der Waals surface area (Å²) in [7, 11) is 0. The maximum atomic E-state index is 12.5. The molecule has 2 atom stereocenters. The van der Waals surface area contributed by atoms with E-state index in [0.717, 1.165) is 31.0 Å². The number of hydrogen-bond donors (Lipinski definition) is 4. The molecule has 1 saturated carbocycles. The summed E-state index contributed by atoms with van der Waals surface area (Å²) in [5.41, 5.74) is 1.34. The largest absolute Gasteiger partial charge is 0.483 e. The van der Waals surface area contributed by atoms with Gasteiger partial charge in [-0.2, -0.15) is 0 Å². The van der Waals surface area contributed by atoms with E-state index in [2.05, 4.69) is 30.5 Å². The molecular weight excluding hydrogens is 412 g/mol. The monoisotopic (exact) mass is 442 g/mol. The predicted octanol–water partition coefficient (Wildman–Crippen LogP) is 1.18. The van der Waals surface area contributed by atoms with Crippen LogP contribution in [0.2, 0.25) is 0 Å². The van der Waals surface area contributed by atoms with Crippen molar-refractivity contribution in [2.24, 2.45) is 5.92 Å². The minimum Gasteiger partial charge on any atom is -0.483 e. The van der Waals surface area contributed by atoms with Crippen molar-refractivity contribution in [1.29, 1.82) is 0 Å². The first kappa shape index (κ1) is 23.4. The van der Waals surface area contributed by atoms with Crippen molar-refractivity contribution in [3.8, 4) is 0 Å². The predicted molar refractivity (Wildman–Crippen MR) is 117 cm³/mol. The molecule has 0 spiro atoms. The van der Waals surface area contributed by atoms with Crippen LogP contribution in [0.1, 0.15) is 48.3 Å². The Morgan fingerprint density at radius 2 is 1.97 bits per heavy atom. The average molecular weight is 443 g/mol. The average Bonchev–Trinajstić information content (AvgIpc) is 3.30. The van der Waals surface area contributed by atoms with Gasteiger partial charge < -0.3 is 20.7 Å². The lowest BCUT2D eigenvalue weighted by Crippen LogP contribution is -2.45. The number of carbonyl (C=O) groups excluding carboxylic acids is 2. The highest BCUT2D eigenvalue weighted by molar-refractivity contribution is 5.91. The second kappa shape index (κ2) is 11.9. The number of aromatic nitrogens is 3. The number of carboxylic acid groups (broad SMARTS) is 1. The van der Waals surface area contributed by atoms with E-state index < -0.39 is 0 Å². The van der Waals surface area contributed by atoms with E-state index in [0.29, 0.717) is 25.2 Å². The molecule has 0 radical (unpaired) electrons. The van der Waals surface area contributed by atoms with Crippen LogP contribution in [0.25, 0.3) is 0 Å². The number of nitrogens with zero attached hydrogens (tertiary/aromatic N) is 3. The Hall–Kier alpha value is -3.27. The highest BCUT2D eigenvalue weighted by Gasteiger charge is 2.38. The molecule has 0 unspecified atom stereocenters. The highest BCUT2D eigenvalue weighted by Crippen LogP contribution is 2.35. The van der Waals surface area contributed by atoms with Gasteiger partial charge in [0.25, 0.3) is 12.4 Å². The van der Waals surface area contributed by atoms with Gasteiger partial charge in [0.05, 0.1) is 24.8 Å². The number of aromatic amines is 1. The van der Waals surface area contributed by atoms with Gasteiger partial charge in [-0.1, -0.05) is 6.07 Å². The van der Waals surface area contributed by atoms with E-state index in [9.17, 15) is 9.59 Å². The molecule has 3 heterocycles. The van der Waals surface area contributed by atoms with Crippen molar-refractivity contribution in [2.75, 3.05) is 13.1 Å². The fourth-order valence-corrected chi connectivity index (χ4v) is 4.01. The maximum Gasteiger partial charge on any atom is 0.290 e. The Balaban J connectivity index is 0.000000913. The topological polar surface area (TPSA) is 140 Å². The fourth-order valence-electron chi connectivity index (χ4n) is 4.01. The van der Waals surface area contributed by atoms with Gasteiger partial charge in [-0.25, -0.2) is 4.98 Å². The minimum atomic E-state index is -0.250. The van der Waals surface area contributed by atoms with Crippen LogP contribution in [0.4, 0.5) is 0 Å². The first-order valence-electron chi connectivity index (χ1n) is 10.9. The van der Waals surface area contributed by atoms with Gasteiger partial charge in [0.1, 0.15) is 5.69 Å². The number of H-pyrrole nitrogens is 1. The van der Waals surface area contributed by atoms with Crippen molar-refractivity contribution >= 4 is 18.3 Å². The lowest BCUT2D eigenvalue weighted by molar-refractivity contribution is -0.123. The van der Waals surface area contributed by atoms with Crippen LogP contribution in [-0.4, -0.2) is 68.4 Å². The quantitative estimate of drug-likeness (QED) is 0.428. The van der Waals surface area contributed by atoms with E-state index in [-0.39, 0.29) is 30.4 Å². The van der Waals surface area contributed by atoms with E-state index in [1.54, 1.807) is 6.20 Å². The van der Waals surface area contributed by atoms with Crippen LogP contribution in [0.5, 0.6) is 0 Å². The molecule has 172 valence electrons. The van der Waals surface area contributed by atoms with Gasteiger partial charge in [-0.3, -0.25) is 24.3 Å². The van der Waals surface area contributed by atoms with Crippen molar-refractivity contribution in [1.82, 2.24) is 30.5 Å². The Labute approximate surface area is 186 Å². The van der Waals surface area contributed by atoms with Crippen molar-refractivity contribution in [3.05, 3.63) is 48.3 Å². The van der Waals surface area contributed by atoms with Crippen LogP contribution in [0, 0.1) is 5.92 Å². The summed E-state index contributed by atoms with van der Waals surface area (Å²) in [5.74, 6) is 0.659. The molecule has 4 N–H and O–H groups in total. The summed E-state index contributed by atoms with van der Waals surface area (Å²) in [6, 6.07) is 6.20. The highest BCUT2D eigenvalue weighted by atomic mass is 16.3. The van der Waals surface area contributed by atoms with Gasteiger partial charge in [0, 0.05) is 37.8 Å². The second-order valence-corrected chi connectivity index (χ2v) is 8.11. The van der Waals surface area contributed by atoms with Gasteiger partial charge >= 0.3 is 0 Å². The molecule has 1 aliphatic carbocycles. The first-order chi connectivity index (χ1) is 15.6. The van der Waals surface area contributed by atoms with E-state index in [1.165, 1.54) is 25.4 Å². The smallest absolute Gasteiger partial charge is 0.290 e. The second-order valence-electron chi connectivity index (χ2n) is 8.11. The number of amides is 2. The normalized spacial score (nSPS) is 20.1. The third-order valence-corrected chi connectivity index (χ3v) is 5.79. The SMILES string of the molecule is O=C(C[C@H]1CC[C@@H](CNC(=O)c2cnc[nH]2)N1CC1CC1)NCc1ccccn1.O=CO. The summed E-state index contributed by atoms with van der Waals surface area (Å²) in [6.07, 6.45) is 9.76. The lowest BCUT2D eigenvalue weighted by Gasteiger charge is -2.30. The van der Waals surface area contributed by atoms with Crippen molar-refractivity contribution in [3.63, 3.8) is 0 Å². The van der Waals surface area contributed by atoms with Crippen LogP contribution in [0.3, 0.4) is 0 Å². The zero-order valence-corrected chi connectivity index (χ0v) is 17.9. The molecule has 1 aliphatic heterocycles. The van der Waals surface area contributed by atoms with E-state index >= 15 is 0 Å². The molecule has 0 aromatic carbocycles. The summed E-state index contributed by atoms with van der Waals surface area (Å²) >= 11 is 0. The standard InChI is InChI=1S/C21H28N6O2.CH2O2/c28-20(24-10-16-3-1-2-8-23-16)9-17-6-7-18(27(17)13-15-4-5-15)11-25-21(29)19-12-22-14-26-19;2-1-3/h1-3,8,12,14-15,17-18H,4-7,9-11,13H2,(H,22,26)(H,24,28)(H,25,29);1H,(H,2,3)/t17-,18+;/m1./s1. The number of nitrogens with one attached hydrogen (secondary N) is 3. The third kappa shape index (κ3) is 7.16. The molecule has 1 saturated heterocycles. The van der Waals surface area contributed by atoms with Gasteiger partial charge in [-0.05, 0) is 43.7 Å². The zero-order chi connectivity index (χ0) is 22.8. The van der Waals surface area contributed by atoms with Gasteiger partial charge in [-0.15, -0.1) is 0 Å². The molecule has 4 rings (SSSR count). The molecule has 2 fully saturated rings. The summed E-state index contributed by atoms with van der Waals surface area (Å²) in [5, 5.41) is 12.9. The summed E-state index contributed by atoms with van der Waals surface area (Å²) < 4.78 is 0. The zero-order valence-electron chi connectivity index (χ0n) is 17.9. The fraction of sp³-hybridized carbons (Fsp3) is 0.500. The van der Waals surface area contributed by atoms with Gasteiger partial charge in [0.2, 0.25) is 5.91 Å². The van der Waals surface area contributed by atoms with Crippen LogP contribution < -0.4 is 10.6 Å². The molecule has 10 heteroatoms.